The molecule has 4 heterocycles. The van der Waals surface area contributed by atoms with E-state index in [9.17, 15) is 9.90 Å². The minimum Gasteiger partial charge on any atom is -0.484 e. The van der Waals surface area contributed by atoms with E-state index >= 15 is 0 Å². The first kappa shape index (κ1) is 24.1. The maximum atomic E-state index is 11.9. The Bertz CT molecular complexity index is 1700. The molecule has 1 atom stereocenters. The number of nitrogens with zero attached hydrogens (tertiary/aromatic N) is 5. The van der Waals surface area contributed by atoms with Crippen LogP contribution in [-0.4, -0.2) is 57.5 Å². The van der Waals surface area contributed by atoms with Gasteiger partial charge in [-0.1, -0.05) is 11.6 Å². The third kappa shape index (κ3) is 4.29. The fourth-order valence-corrected chi connectivity index (χ4v) is 5.74. The number of pyridine rings is 1. The van der Waals surface area contributed by atoms with E-state index in [-0.39, 0.29) is 13.2 Å². The number of anilines is 1. The highest BCUT2D eigenvalue weighted by Crippen LogP contribution is 2.47. The number of benzene rings is 2. The lowest BCUT2D eigenvalue weighted by Crippen LogP contribution is -2.43. The van der Waals surface area contributed by atoms with Crippen LogP contribution in [0.5, 0.6) is 17.4 Å². The van der Waals surface area contributed by atoms with Gasteiger partial charge >= 0.3 is 6.09 Å². The summed E-state index contributed by atoms with van der Waals surface area (Å²) in [4.78, 5) is 30.9. The van der Waals surface area contributed by atoms with Crippen LogP contribution >= 0.6 is 22.9 Å². The van der Waals surface area contributed by atoms with Crippen molar-refractivity contribution in [3.63, 3.8) is 0 Å². The fraction of sp³-hybridized carbons (Fsp3) is 0.192. The molecular weight excluding hydrogens is 530 g/mol. The zero-order valence-corrected chi connectivity index (χ0v) is 21.8. The van der Waals surface area contributed by atoms with Gasteiger partial charge in [0.05, 0.1) is 41.6 Å². The number of aromatic nitrogens is 4. The van der Waals surface area contributed by atoms with Crippen molar-refractivity contribution in [1.82, 2.24) is 19.9 Å². The molecule has 2 aromatic carbocycles. The van der Waals surface area contributed by atoms with Crippen LogP contribution in [0.1, 0.15) is 5.56 Å². The summed E-state index contributed by atoms with van der Waals surface area (Å²) in [5, 5.41) is 10.9. The molecule has 0 saturated heterocycles. The van der Waals surface area contributed by atoms with Crippen molar-refractivity contribution in [3.05, 3.63) is 59.5 Å². The maximum absolute atomic E-state index is 11.9. The van der Waals surface area contributed by atoms with E-state index in [0.29, 0.717) is 49.6 Å². The standard InChI is InChI=1S/C26H20ClN5O5S/c1-13-7-16(21-18(8-13)30-20(35-2)10-29-21)25-31-22-17(27)9-19-23(24(22)38-25)36-12-15(37-19)11-32(26(33)34)14-3-5-28-6-4-14/h3-10,15H,11-12H2,1-2H3,(H,33,34)/t15-/m1/s1. The molecule has 10 nitrogen and oxygen atoms in total. The van der Waals surface area contributed by atoms with E-state index in [1.807, 2.05) is 19.1 Å². The van der Waals surface area contributed by atoms with E-state index in [4.69, 9.17) is 30.8 Å². The number of amides is 1. The van der Waals surface area contributed by atoms with Crippen molar-refractivity contribution >= 4 is 56.0 Å². The quantitative estimate of drug-likeness (QED) is 0.299. The Balaban J connectivity index is 1.36. The van der Waals surface area contributed by atoms with Crippen molar-refractivity contribution < 1.29 is 24.1 Å². The molecule has 0 aliphatic carbocycles. The summed E-state index contributed by atoms with van der Waals surface area (Å²) in [6.07, 6.45) is 3.01. The van der Waals surface area contributed by atoms with Crippen LogP contribution in [0, 0.1) is 6.92 Å². The SMILES string of the molecule is COc1cnc2c(-c3nc4c(Cl)cc5c(c4s3)OC[C@@H](CN(C(=O)O)c3ccncc3)O5)cc(C)cc2n1. The van der Waals surface area contributed by atoms with Crippen molar-refractivity contribution in [2.75, 3.05) is 25.2 Å². The average molecular weight is 550 g/mol. The summed E-state index contributed by atoms with van der Waals surface area (Å²) < 4.78 is 18.3. The molecule has 0 fully saturated rings. The highest BCUT2D eigenvalue weighted by molar-refractivity contribution is 7.22. The van der Waals surface area contributed by atoms with E-state index in [1.165, 1.54) is 28.6 Å². The Morgan fingerprint density at radius 2 is 2.05 bits per heavy atom. The Morgan fingerprint density at radius 3 is 2.82 bits per heavy atom. The van der Waals surface area contributed by atoms with Gasteiger partial charge in [-0.2, -0.15) is 0 Å². The zero-order chi connectivity index (χ0) is 26.4. The van der Waals surface area contributed by atoms with Gasteiger partial charge in [-0.25, -0.2) is 19.7 Å². The van der Waals surface area contributed by atoms with Gasteiger partial charge in [0.1, 0.15) is 21.8 Å². The van der Waals surface area contributed by atoms with Gasteiger partial charge in [0.2, 0.25) is 5.88 Å². The highest BCUT2D eigenvalue weighted by atomic mass is 35.5. The van der Waals surface area contributed by atoms with Crippen molar-refractivity contribution in [3.8, 4) is 28.0 Å². The number of methoxy groups -OCH3 is 1. The number of ether oxygens (including phenoxy) is 3. The Labute approximate surface area is 225 Å². The summed E-state index contributed by atoms with van der Waals surface area (Å²) in [6.45, 7) is 2.21. The maximum Gasteiger partial charge on any atom is 0.411 e. The second-order valence-electron chi connectivity index (χ2n) is 8.62. The predicted molar refractivity (Wildman–Crippen MR) is 144 cm³/mol. The second-order valence-corrected chi connectivity index (χ2v) is 10.0. The molecule has 192 valence electrons. The van der Waals surface area contributed by atoms with Crippen molar-refractivity contribution in [1.29, 1.82) is 0 Å². The Morgan fingerprint density at radius 1 is 1.24 bits per heavy atom. The van der Waals surface area contributed by atoms with Gasteiger partial charge in [-0.3, -0.25) is 9.88 Å². The van der Waals surface area contributed by atoms with Crippen LogP contribution in [0.2, 0.25) is 5.02 Å². The number of rotatable bonds is 5. The summed E-state index contributed by atoms with van der Waals surface area (Å²) >= 11 is 8.05. The van der Waals surface area contributed by atoms with Crippen LogP contribution in [-0.2, 0) is 0 Å². The van der Waals surface area contributed by atoms with Gasteiger partial charge in [-0.05, 0) is 36.8 Å². The largest absolute Gasteiger partial charge is 0.484 e. The number of hydrogen-bond acceptors (Lipinski definition) is 9. The van der Waals surface area contributed by atoms with Crippen LogP contribution in [0.4, 0.5) is 10.5 Å². The molecule has 1 aliphatic heterocycles. The second kappa shape index (κ2) is 9.58. The van der Waals surface area contributed by atoms with Crippen LogP contribution < -0.4 is 19.1 Å². The van der Waals surface area contributed by atoms with Gasteiger partial charge in [0.15, 0.2) is 17.6 Å². The molecule has 6 rings (SSSR count). The molecule has 5 aromatic rings. The Hall–Kier alpha value is -4.22. The van der Waals surface area contributed by atoms with Crippen molar-refractivity contribution in [2.45, 2.75) is 13.0 Å². The average Bonchev–Trinajstić information content (AvgIpc) is 3.37. The fourth-order valence-electron chi connectivity index (χ4n) is 4.35. The molecule has 0 radical (unpaired) electrons. The van der Waals surface area contributed by atoms with Crippen molar-refractivity contribution in [2.24, 2.45) is 0 Å². The van der Waals surface area contributed by atoms with E-state index in [2.05, 4.69) is 15.0 Å². The molecule has 1 aliphatic rings. The molecule has 38 heavy (non-hydrogen) atoms. The highest BCUT2D eigenvalue weighted by Gasteiger charge is 2.30. The molecule has 1 N–H and O–H groups in total. The summed E-state index contributed by atoms with van der Waals surface area (Å²) in [6, 6.07) is 8.86. The van der Waals surface area contributed by atoms with Gasteiger partial charge < -0.3 is 19.3 Å². The third-order valence-electron chi connectivity index (χ3n) is 6.05. The molecule has 0 bridgehead atoms. The van der Waals surface area contributed by atoms with E-state index < -0.39 is 12.2 Å². The topological polar surface area (TPSA) is 120 Å². The number of carboxylic acid groups (broad SMARTS) is 1. The minimum absolute atomic E-state index is 0.0692. The monoisotopic (exact) mass is 549 g/mol. The number of thiazole rings is 1. The molecule has 1 amide bonds. The summed E-state index contributed by atoms with van der Waals surface area (Å²) in [7, 11) is 1.55. The number of fused-ring (bicyclic) bond motifs is 4. The first-order valence-corrected chi connectivity index (χ1v) is 12.8. The van der Waals surface area contributed by atoms with Crippen LogP contribution in [0.15, 0.2) is 48.9 Å². The zero-order valence-electron chi connectivity index (χ0n) is 20.2. The molecular formula is C26H20ClN5O5S. The molecule has 0 unspecified atom stereocenters. The smallest absolute Gasteiger partial charge is 0.411 e. The van der Waals surface area contributed by atoms with Gasteiger partial charge in [0.25, 0.3) is 0 Å². The van der Waals surface area contributed by atoms with Gasteiger partial charge in [-0.15, -0.1) is 11.3 Å². The number of halogens is 1. The van der Waals surface area contributed by atoms with E-state index in [1.54, 1.807) is 31.5 Å². The van der Waals surface area contributed by atoms with Crippen LogP contribution in [0.3, 0.4) is 0 Å². The third-order valence-corrected chi connectivity index (χ3v) is 7.42. The molecule has 3 aromatic heterocycles. The lowest BCUT2D eigenvalue weighted by atomic mass is 10.1. The predicted octanol–water partition coefficient (Wildman–Crippen LogP) is 5.60. The molecule has 0 saturated carbocycles. The first-order valence-electron chi connectivity index (χ1n) is 11.6. The molecule has 12 heteroatoms. The summed E-state index contributed by atoms with van der Waals surface area (Å²) in [5.41, 5.74) is 4.31. The van der Waals surface area contributed by atoms with Gasteiger partial charge in [0, 0.05) is 24.0 Å². The summed E-state index contributed by atoms with van der Waals surface area (Å²) in [5.74, 6) is 1.40. The number of hydrogen-bond donors (Lipinski definition) is 1. The van der Waals surface area contributed by atoms with E-state index in [0.717, 1.165) is 15.8 Å². The number of carbonyl (C=O) groups is 1. The first-order chi connectivity index (χ1) is 18.4. The normalized spacial score (nSPS) is 14.6. The number of aryl methyl sites for hydroxylation is 1. The minimum atomic E-state index is -1.10. The van der Waals surface area contributed by atoms with Crippen LogP contribution in [0.25, 0.3) is 31.8 Å². The lowest BCUT2D eigenvalue weighted by Gasteiger charge is -2.30. The Kier molecular flexibility index (Phi) is 6.09. The molecule has 0 spiro atoms. The lowest BCUT2D eigenvalue weighted by molar-refractivity contribution is 0.0962.